The Labute approximate surface area is 141 Å². The van der Waals surface area contributed by atoms with Crippen LogP contribution in [0.1, 0.15) is 26.7 Å². The summed E-state index contributed by atoms with van der Waals surface area (Å²) in [6.45, 7) is 4.91. The normalized spacial score (nSPS) is 23.4. The molecule has 2 fully saturated rings. The number of nitrogens with zero attached hydrogens (tertiary/aromatic N) is 4. The Bertz CT molecular complexity index is 841. The molecule has 2 heterocycles. The zero-order chi connectivity index (χ0) is 16.9. The summed E-state index contributed by atoms with van der Waals surface area (Å²) in [4.78, 5) is 20.8. The number of nitriles is 1. The van der Waals surface area contributed by atoms with E-state index in [4.69, 9.17) is 0 Å². The summed E-state index contributed by atoms with van der Waals surface area (Å²) in [6.07, 6.45) is 5.47. The van der Waals surface area contributed by atoms with E-state index in [9.17, 15) is 10.1 Å². The van der Waals surface area contributed by atoms with Crippen molar-refractivity contribution >= 4 is 22.5 Å². The first-order valence-electron chi connectivity index (χ1n) is 8.32. The van der Waals surface area contributed by atoms with Crippen LogP contribution < -0.4 is 4.90 Å². The molecule has 0 spiro atoms. The molecular formula is C19H20N4O. The topological polar surface area (TPSA) is 60.2 Å². The van der Waals surface area contributed by atoms with E-state index < -0.39 is 6.04 Å². The van der Waals surface area contributed by atoms with Gasteiger partial charge >= 0.3 is 6.03 Å². The van der Waals surface area contributed by atoms with E-state index in [1.807, 2.05) is 29.2 Å². The molecule has 5 nitrogen and oxygen atoms in total. The van der Waals surface area contributed by atoms with Crippen molar-refractivity contribution < 1.29 is 4.79 Å². The lowest BCUT2D eigenvalue weighted by Crippen LogP contribution is -2.50. The first kappa shape index (κ1) is 14.9. The number of carbonyl (C=O) groups excluding carboxylic acids is 1. The Balaban J connectivity index is 1.71. The van der Waals surface area contributed by atoms with Gasteiger partial charge in [-0.3, -0.25) is 9.88 Å². The molecule has 0 bridgehead atoms. The summed E-state index contributed by atoms with van der Waals surface area (Å²) < 4.78 is 0. The quantitative estimate of drug-likeness (QED) is 0.850. The molecule has 1 aromatic carbocycles. The van der Waals surface area contributed by atoms with Crippen LogP contribution in [0.3, 0.4) is 0 Å². The number of amides is 2. The maximum absolute atomic E-state index is 13.0. The van der Waals surface area contributed by atoms with E-state index in [0.29, 0.717) is 12.0 Å². The molecule has 0 radical (unpaired) electrons. The number of urea groups is 1. The minimum Gasteiger partial charge on any atom is -0.318 e. The smallest absolute Gasteiger partial charge is 0.318 e. The lowest BCUT2D eigenvalue weighted by Gasteiger charge is -2.46. The molecule has 2 aromatic rings. The lowest BCUT2D eigenvalue weighted by atomic mass is 9.68. The van der Waals surface area contributed by atoms with Gasteiger partial charge in [0, 0.05) is 23.0 Å². The van der Waals surface area contributed by atoms with Crippen LogP contribution in [0.4, 0.5) is 10.5 Å². The second-order valence-corrected chi connectivity index (χ2v) is 7.56. The Morgan fingerprint density at radius 3 is 2.71 bits per heavy atom. The summed E-state index contributed by atoms with van der Waals surface area (Å²) in [5.74, 6) is 0. The van der Waals surface area contributed by atoms with Gasteiger partial charge in [0.2, 0.25) is 0 Å². The van der Waals surface area contributed by atoms with Gasteiger partial charge in [0.05, 0.1) is 24.5 Å². The number of rotatable bonds is 2. The number of carbonyl (C=O) groups is 1. The number of hydrogen-bond donors (Lipinski definition) is 0. The number of benzene rings is 1. The molecule has 0 unspecified atom stereocenters. The van der Waals surface area contributed by atoms with Crippen LogP contribution in [0.15, 0.2) is 36.7 Å². The van der Waals surface area contributed by atoms with Gasteiger partial charge in [-0.1, -0.05) is 38.1 Å². The zero-order valence-electron chi connectivity index (χ0n) is 13.9. The maximum Gasteiger partial charge on any atom is 0.326 e. The molecule has 1 aliphatic heterocycles. The summed E-state index contributed by atoms with van der Waals surface area (Å²) in [6, 6.07) is 9.85. The van der Waals surface area contributed by atoms with Crippen LogP contribution >= 0.6 is 0 Å². The standard InChI is InChI=1S/C19H20N4O/c1-19(2)7-14(8-19)22-12-15(9-20)23(18(22)24)17-11-21-10-13-5-3-4-6-16(13)17/h3-6,10-11,14-15H,7-8,12H2,1-2H3/t15-/m1/s1. The molecule has 4 rings (SSSR count). The van der Waals surface area contributed by atoms with Crippen LogP contribution in [0.2, 0.25) is 0 Å². The van der Waals surface area contributed by atoms with Gasteiger partial charge in [-0.2, -0.15) is 5.26 Å². The number of hydrogen-bond acceptors (Lipinski definition) is 3. The van der Waals surface area contributed by atoms with E-state index in [1.165, 1.54) is 0 Å². The molecule has 2 amide bonds. The largest absolute Gasteiger partial charge is 0.326 e. The Morgan fingerprint density at radius 2 is 2.00 bits per heavy atom. The maximum atomic E-state index is 13.0. The average Bonchev–Trinajstić information content (AvgIpc) is 2.88. The van der Waals surface area contributed by atoms with Crippen molar-refractivity contribution in [2.75, 3.05) is 11.4 Å². The molecule has 24 heavy (non-hydrogen) atoms. The molecule has 0 N–H and O–H groups in total. The van der Waals surface area contributed by atoms with Crippen molar-refractivity contribution in [2.24, 2.45) is 5.41 Å². The van der Waals surface area contributed by atoms with Gasteiger partial charge in [0.25, 0.3) is 0 Å². The minimum absolute atomic E-state index is 0.0693. The highest BCUT2D eigenvalue weighted by Gasteiger charge is 2.48. The third-order valence-electron chi connectivity index (χ3n) is 5.21. The fourth-order valence-electron chi connectivity index (χ4n) is 4.02. The fourth-order valence-corrected chi connectivity index (χ4v) is 4.02. The van der Waals surface area contributed by atoms with Crippen molar-refractivity contribution in [1.82, 2.24) is 9.88 Å². The number of pyridine rings is 1. The van der Waals surface area contributed by atoms with E-state index in [1.54, 1.807) is 17.3 Å². The monoisotopic (exact) mass is 320 g/mol. The second-order valence-electron chi connectivity index (χ2n) is 7.56. The minimum atomic E-state index is -0.464. The molecule has 2 aliphatic rings. The van der Waals surface area contributed by atoms with Crippen molar-refractivity contribution in [1.29, 1.82) is 5.26 Å². The first-order valence-corrected chi connectivity index (χ1v) is 8.32. The average molecular weight is 320 g/mol. The van der Waals surface area contributed by atoms with Crippen molar-refractivity contribution in [3.63, 3.8) is 0 Å². The van der Waals surface area contributed by atoms with Crippen molar-refractivity contribution in [3.05, 3.63) is 36.7 Å². The predicted octanol–water partition coefficient (Wildman–Crippen LogP) is 3.56. The molecular weight excluding hydrogens is 300 g/mol. The molecule has 5 heteroatoms. The fraction of sp³-hybridized carbons (Fsp3) is 0.421. The Kier molecular flexibility index (Phi) is 3.24. The number of anilines is 1. The van der Waals surface area contributed by atoms with Gasteiger partial charge in [-0.05, 0) is 18.3 Å². The van der Waals surface area contributed by atoms with E-state index >= 15 is 0 Å². The van der Waals surface area contributed by atoms with Crippen molar-refractivity contribution in [3.8, 4) is 6.07 Å². The van der Waals surface area contributed by atoms with Gasteiger partial charge in [0.1, 0.15) is 6.04 Å². The van der Waals surface area contributed by atoms with Gasteiger partial charge < -0.3 is 4.90 Å². The molecule has 1 saturated carbocycles. The van der Waals surface area contributed by atoms with E-state index in [2.05, 4.69) is 24.9 Å². The Hall–Kier alpha value is -2.61. The van der Waals surface area contributed by atoms with Crippen LogP contribution in [0.25, 0.3) is 10.8 Å². The van der Waals surface area contributed by atoms with Crippen molar-refractivity contribution in [2.45, 2.75) is 38.8 Å². The van der Waals surface area contributed by atoms with Gasteiger partial charge in [0.15, 0.2) is 0 Å². The van der Waals surface area contributed by atoms with Gasteiger partial charge in [-0.15, -0.1) is 0 Å². The third kappa shape index (κ3) is 2.22. The third-order valence-corrected chi connectivity index (χ3v) is 5.21. The second kappa shape index (κ2) is 5.20. The predicted molar refractivity (Wildman–Crippen MR) is 92.5 cm³/mol. The Morgan fingerprint density at radius 1 is 1.25 bits per heavy atom. The number of aromatic nitrogens is 1. The molecule has 1 saturated heterocycles. The van der Waals surface area contributed by atoms with Gasteiger partial charge in [-0.25, -0.2) is 4.79 Å². The summed E-state index contributed by atoms with van der Waals surface area (Å²) in [5, 5.41) is 11.5. The first-order chi connectivity index (χ1) is 11.5. The zero-order valence-corrected chi connectivity index (χ0v) is 13.9. The molecule has 1 aliphatic carbocycles. The van der Waals surface area contributed by atoms with E-state index in [0.717, 1.165) is 29.3 Å². The van der Waals surface area contributed by atoms with Crippen LogP contribution in [0, 0.1) is 16.7 Å². The molecule has 122 valence electrons. The van der Waals surface area contributed by atoms with Crippen LogP contribution in [0.5, 0.6) is 0 Å². The highest BCUT2D eigenvalue weighted by atomic mass is 16.2. The summed E-state index contributed by atoms with van der Waals surface area (Å²) in [5.41, 5.74) is 1.02. The number of fused-ring (bicyclic) bond motifs is 1. The van der Waals surface area contributed by atoms with E-state index in [-0.39, 0.29) is 12.1 Å². The molecule has 1 atom stereocenters. The summed E-state index contributed by atoms with van der Waals surface area (Å²) in [7, 11) is 0. The van der Waals surface area contributed by atoms with Crippen LogP contribution in [-0.4, -0.2) is 34.5 Å². The lowest BCUT2D eigenvalue weighted by molar-refractivity contribution is 0.0583. The van der Waals surface area contributed by atoms with Crippen LogP contribution in [-0.2, 0) is 0 Å². The molecule has 1 aromatic heterocycles. The summed E-state index contributed by atoms with van der Waals surface area (Å²) >= 11 is 0. The highest BCUT2D eigenvalue weighted by molar-refractivity contribution is 6.04. The SMILES string of the molecule is CC1(C)CC(N2C[C@@H](C#N)N(c3cncc4ccccc34)C2=O)C1. The highest BCUT2D eigenvalue weighted by Crippen LogP contribution is 2.44.